The van der Waals surface area contributed by atoms with Gasteiger partial charge in [0, 0.05) is 51.0 Å². The lowest BCUT2D eigenvalue weighted by Gasteiger charge is -2.34. The maximum absolute atomic E-state index is 12.0. The minimum atomic E-state index is -0.487. The number of pyridine rings is 1. The molecule has 0 radical (unpaired) electrons. The zero-order chi connectivity index (χ0) is 20.6. The van der Waals surface area contributed by atoms with Crippen molar-refractivity contribution < 1.29 is 9.59 Å². The molecule has 29 heavy (non-hydrogen) atoms. The first-order valence-electron chi connectivity index (χ1n) is 9.88. The van der Waals surface area contributed by atoms with Crippen molar-refractivity contribution in [1.82, 2.24) is 20.5 Å². The summed E-state index contributed by atoms with van der Waals surface area (Å²) in [6.07, 6.45) is 1.80. The van der Waals surface area contributed by atoms with Crippen LogP contribution < -0.4 is 21.3 Å². The third-order valence-corrected chi connectivity index (χ3v) is 5.07. The number of rotatable bonds is 7. The van der Waals surface area contributed by atoms with Crippen LogP contribution in [0.2, 0.25) is 0 Å². The van der Waals surface area contributed by atoms with Crippen LogP contribution in [0, 0.1) is 0 Å². The number of aromatic nitrogens is 1. The van der Waals surface area contributed by atoms with Crippen molar-refractivity contribution in [3.8, 4) is 0 Å². The van der Waals surface area contributed by atoms with Crippen molar-refractivity contribution in [3.63, 3.8) is 0 Å². The fourth-order valence-corrected chi connectivity index (χ4v) is 3.26. The van der Waals surface area contributed by atoms with Gasteiger partial charge >= 0.3 is 6.03 Å². The fourth-order valence-electron chi connectivity index (χ4n) is 3.26. The maximum Gasteiger partial charge on any atom is 0.315 e. The second-order valence-corrected chi connectivity index (χ2v) is 7.05. The molecule has 8 nitrogen and oxygen atoms in total. The highest BCUT2D eigenvalue weighted by molar-refractivity contribution is 5.92. The summed E-state index contributed by atoms with van der Waals surface area (Å²) in [5, 5.41) is 5.59. The van der Waals surface area contributed by atoms with E-state index in [-0.39, 0.29) is 6.03 Å². The highest BCUT2D eigenvalue weighted by Gasteiger charge is 2.16. The fraction of sp³-hybridized carbons (Fsp3) is 0.381. The van der Waals surface area contributed by atoms with Crippen LogP contribution in [-0.2, 0) is 13.1 Å². The van der Waals surface area contributed by atoms with Gasteiger partial charge in [-0.15, -0.1) is 0 Å². The first-order chi connectivity index (χ1) is 14.0. The van der Waals surface area contributed by atoms with Gasteiger partial charge in [0.1, 0.15) is 5.82 Å². The summed E-state index contributed by atoms with van der Waals surface area (Å²) in [6, 6.07) is 10.6. The highest BCUT2D eigenvalue weighted by atomic mass is 16.2. The van der Waals surface area contributed by atoms with Crippen LogP contribution in [0.5, 0.6) is 0 Å². The van der Waals surface area contributed by atoms with E-state index in [9.17, 15) is 9.59 Å². The van der Waals surface area contributed by atoms with Crippen LogP contribution in [0.4, 0.5) is 10.6 Å². The van der Waals surface area contributed by atoms with Crippen molar-refractivity contribution in [1.29, 1.82) is 0 Å². The number of carbonyl (C=O) groups excluding carboxylic acids is 2. The molecule has 0 unspecified atom stereocenters. The maximum atomic E-state index is 12.0. The molecule has 154 valence electrons. The molecule has 2 heterocycles. The Morgan fingerprint density at radius 2 is 1.76 bits per heavy atom. The molecule has 3 amide bonds. The Balaban J connectivity index is 1.43. The third kappa shape index (κ3) is 5.92. The van der Waals surface area contributed by atoms with Crippen LogP contribution in [0.15, 0.2) is 42.6 Å². The monoisotopic (exact) mass is 396 g/mol. The lowest BCUT2D eigenvalue weighted by molar-refractivity contribution is 0.1000. The highest BCUT2D eigenvalue weighted by Crippen LogP contribution is 2.14. The Hall–Kier alpha value is -3.13. The molecule has 0 bridgehead atoms. The molecule has 4 N–H and O–H groups in total. The van der Waals surface area contributed by atoms with E-state index in [0.29, 0.717) is 18.7 Å². The van der Waals surface area contributed by atoms with Crippen molar-refractivity contribution in [3.05, 3.63) is 59.3 Å². The number of hydrogen-bond donors (Lipinski definition) is 3. The van der Waals surface area contributed by atoms with Gasteiger partial charge in [-0.25, -0.2) is 9.78 Å². The normalized spacial score (nSPS) is 14.4. The summed E-state index contributed by atoms with van der Waals surface area (Å²) in [6.45, 7) is 8.07. The van der Waals surface area contributed by atoms with Gasteiger partial charge in [0.15, 0.2) is 0 Å². The number of urea groups is 1. The number of likely N-dealkylation sites (N-methyl/N-ethyl adjacent to an activating group) is 1. The Bertz CT molecular complexity index is 831. The van der Waals surface area contributed by atoms with Gasteiger partial charge in [-0.1, -0.05) is 25.1 Å². The number of anilines is 1. The summed E-state index contributed by atoms with van der Waals surface area (Å²) >= 11 is 0. The lowest BCUT2D eigenvalue weighted by atomic mass is 10.1. The predicted octanol–water partition coefficient (Wildman–Crippen LogP) is 1.32. The van der Waals surface area contributed by atoms with Gasteiger partial charge in [0.05, 0.1) is 0 Å². The number of nitrogens with zero attached hydrogens (tertiary/aromatic N) is 3. The summed E-state index contributed by atoms with van der Waals surface area (Å²) in [5.74, 6) is 0.489. The van der Waals surface area contributed by atoms with E-state index in [1.54, 1.807) is 24.4 Å². The van der Waals surface area contributed by atoms with Crippen LogP contribution >= 0.6 is 0 Å². The zero-order valence-electron chi connectivity index (χ0n) is 16.7. The SMILES string of the molecule is CCN1CCN(c2ccc(CNC(=O)NCc3cccc(C(N)=O)c3)cn2)CC1. The molecule has 1 fully saturated rings. The molecule has 1 saturated heterocycles. The van der Waals surface area contributed by atoms with Crippen LogP contribution in [-0.4, -0.2) is 54.5 Å². The van der Waals surface area contributed by atoms with Gasteiger partial charge in [0.2, 0.25) is 5.91 Å². The number of hydrogen-bond acceptors (Lipinski definition) is 5. The predicted molar refractivity (Wildman–Crippen MR) is 113 cm³/mol. The van der Waals surface area contributed by atoms with Crippen molar-refractivity contribution in [2.24, 2.45) is 5.73 Å². The zero-order valence-corrected chi connectivity index (χ0v) is 16.7. The van der Waals surface area contributed by atoms with E-state index in [1.165, 1.54) is 0 Å². The van der Waals surface area contributed by atoms with Gasteiger partial charge in [0.25, 0.3) is 0 Å². The standard InChI is InChI=1S/C21H28N6O2/c1-2-26-8-10-27(11-9-26)19-7-6-17(14-23-19)15-25-21(29)24-13-16-4-3-5-18(12-16)20(22)28/h3-7,12,14H,2,8-11,13,15H2,1H3,(H2,22,28)(H2,24,25,29). The molecule has 0 aliphatic carbocycles. The van der Waals surface area contributed by atoms with Crippen LogP contribution in [0.1, 0.15) is 28.4 Å². The Kier molecular flexibility index (Phi) is 7.02. The van der Waals surface area contributed by atoms with Crippen molar-refractivity contribution in [2.75, 3.05) is 37.6 Å². The first-order valence-corrected chi connectivity index (χ1v) is 9.88. The third-order valence-electron chi connectivity index (χ3n) is 5.07. The number of benzene rings is 1. The van der Waals surface area contributed by atoms with E-state index in [0.717, 1.165) is 49.7 Å². The molecule has 3 rings (SSSR count). The smallest absolute Gasteiger partial charge is 0.315 e. The Morgan fingerprint density at radius 3 is 2.38 bits per heavy atom. The van der Waals surface area contributed by atoms with Crippen LogP contribution in [0.3, 0.4) is 0 Å². The molecule has 0 saturated carbocycles. The summed E-state index contributed by atoms with van der Waals surface area (Å²) < 4.78 is 0. The molecule has 1 aromatic heterocycles. The molecular formula is C21H28N6O2. The number of piperazine rings is 1. The summed E-state index contributed by atoms with van der Waals surface area (Å²) in [4.78, 5) is 32.5. The Labute approximate surface area is 171 Å². The molecule has 1 aliphatic rings. The van der Waals surface area contributed by atoms with Gasteiger partial charge in [-0.05, 0) is 35.9 Å². The minimum Gasteiger partial charge on any atom is -0.366 e. The number of nitrogens with one attached hydrogen (secondary N) is 2. The molecule has 8 heteroatoms. The summed E-state index contributed by atoms with van der Waals surface area (Å²) in [7, 11) is 0. The number of amides is 3. The number of primary amides is 1. The molecule has 1 aromatic carbocycles. The second kappa shape index (κ2) is 9.88. The number of carbonyl (C=O) groups is 2. The van der Waals surface area contributed by atoms with E-state index >= 15 is 0 Å². The number of nitrogens with two attached hydrogens (primary N) is 1. The molecular weight excluding hydrogens is 368 g/mol. The molecule has 0 spiro atoms. The van der Waals surface area contributed by atoms with E-state index in [1.807, 2.05) is 18.2 Å². The van der Waals surface area contributed by atoms with Gasteiger partial charge in [-0.2, -0.15) is 0 Å². The first kappa shape index (κ1) is 20.6. The summed E-state index contributed by atoms with van der Waals surface area (Å²) in [5.41, 5.74) is 7.44. The molecule has 1 aliphatic heterocycles. The lowest BCUT2D eigenvalue weighted by Crippen LogP contribution is -2.46. The van der Waals surface area contributed by atoms with Gasteiger partial charge in [-0.3, -0.25) is 4.79 Å². The van der Waals surface area contributed by atoms with Crippen LogP contribution in [0.25, 0.3) is 0 Å². The minimum absolute atomic E-state index is 0.283. The van der Waals surface area contributed by atoms with E-state index in [2.05, 4.69) is 32.3 Å². The quantitative estimate of drug-likeness (QED) is 0.655. The van der Waals surface area contributed by atoms with E-state index < -0.39 is 5.91 Å². The molecule has 2 aromatic rings. The average molecular weight is 396 g/mol. The molecule has 0 atom stereocenters. The van der Waals surface area contributed by atoms with Crippen molar-refractivity contribution >= 4 is 17.8 Å². The Morgan fingerprint density at radius 1 is 1.03 bits per heavy atom. The average Bonchev–Trinajstić information content (AvgIpc) is 2.77. The largest absolute Gasteiger partial charge is 0.366 e. The van der Waals surface area contributed by atoms with Gasteiger partial charge < -0.3 is 26.2 Å². The topological polar surface area (TPSA) is 104 Å². The van der Waals surface area contributed by atoms with Crippen molar-refractivity contribution in [2.45, 2.75) is 20.0 Å². The van der Waals surface area contributed by atoms with E-state index in [4.69, 9.17) is 5.73 Å². The second-order valence-electron chi connectivity index (χ2n) is 7.05.